The molecule has 0 unspecified atom stereocenters. The molecule has 0 bridgehead atoms. The Morgan fingerprint density at radius 1 is 0.852 bits per heavy atom. The number of benzene rings is 2. The fraction of sp³-hybridized carbons (Fsp3) is 0.348. The Labute approximate surface area is 161 Å². The minimum absolute atomic E-state index is 0.760. The first kappa shape index (κ1) is 18.0. The van der Waals surface area contributed by atoms with E-state index in [1.54, 1.807) is 0 Å². The summed E-state index contributed by atoms with van der Waals surface area (Å²) in [6.07, 6.45) is 2.88. The Bertz CT molecular complexity index is 844. The maximum Gasteiger partial charge on any atom is 0.120 e. The molecule has 27 heavy (non-hydrogen) atoms. The lowest BCUT2D eigenvalue weighted by atomic mass is 10.2. The average molecular weight is 361 g/mol. The molecular weight excluding hydrogens is 334 g/mol. The zero-order valence-corrected chi connectivity index (χ0v) is 15.8. The maximum absolute atomic E-state index is 5.94. The third-order valence-electron chi connectivity index (χ3n) is 5.18. The molecule has 0 amide bonds. The number of nitrogens with zero attached hydrogens (tertiary/aromatic N) is 3. The van der Waals surface area contributed by atoms with E-state index in [2.05, 4.69) is 57.2 Å². The van der Waals surface area contributed by atoms with Crippen molar-refractivity contribution >= 4 is 10.9 Å². The van der Waals surface area contributed by atoms with Crippen LogP contribution in [0.2, 0.25) is 0 Å². The van der Waals surface area contributed by atoms with Gasteiger partial charge in [-0.05, 0) is 36.2 Å². The van der Waals surface area contributed by atoms with Gasteiger partial charge in [0.25, 0.3) is 0 Å². The van der Waals surface area contributed by atoms with Crippen molar-refractivity contribution in [2.45, 2.75) is 13.0 Å². The van der Waals surface area contributed by atoms with E-state index in [0.29, 0.717) is 0 Å². The number of hydrogen-bond donors (Lipinski definition) is 0. The third kappa shape index (κ3) is 5.06. The highest BCUT2D eigenvalue weighted by molar-refractivity contribution is 5.79. The number of ether oxygens (including phenoxy) is 1. The zero-order valence-electron chi connectivity index (χ0n) is 15.8. The van der Waals surface area contributed by atoms with Gasteiger partial charge in [0.15, 0.2) is 0 Å². The van der Waals surface area contributed by atoms with Crippen molar-refractivity contribution in [3.63, 3.8) is 0 Å². The summed E-state index contributed by atoms with van der Waals surface area (Å²) in [7, 11) is 0. The van der Waals surface area contributed by atoms with Gasteiger partial charge in [0.05, 0.1) is 12.1 Å². The molecule has 4 heteroatoms. The molecule has 0 atom stereocenters. The lowest BCUT2D eigenvalue weighted by molar-refractivity contribution is 0.121. The molecule has 0 aliphatic carbocycles. The van der Waals surface area contributed by atoms with Crippen LogP contribution < -0.4 is 4.74 Å². The first-order chi connectivity index (χ1) is 13.4. The van der Waals surface area contributed by atoms with E-state index in [-0.39, 0.29) is 0 Å². The van der Waals surface area contributed by atoms with Crippen molar-refractivity contribution in [3.05, 3.63) is 72.4 Å². The zero-order chi connectivity index (χ0) is 18.3. The largest absolute Gasteiger partial charge is 0.494 e. The topological polar surface area (TPSA) is 28.6 Å². The van der Waals surface area contributed by atoms with Gasteiger partial charge in [0.2, 0.25) is 0 Å². The molecule has 1 fully saturated rings. The molecule has 1 aliphatic rings. The Hall–Kier alpha value is -2.43. The van der Waals surface area contributed by atoms with E-state index in [1.807, 2.05) is 24.4 Å². The fourth-order valence-electron chi connectivity index (χ4n) is 3.63. The molecule has 0 saturated carbocycles. The monoisotopic (exact) mass is 361 g/mol. The van der Waals surface area contributed by atoms with Crippen molar-refractivity contribution in [2.24, 2.45) is 0 Å². The molecule has 2 aromatic carbocycles. The summed E-state index contributed by atoms with van der Waals surface area (Å²) in [4.78, 5) is 9.44. The molecule has 2 heterocycles. The first-order valence-corrected chi connectivity index (χ1v) is 9.83. The predicted molar refractivity (Wildman–Crippen MR) is 110 cm³/mol. The average Bonchev–Trinajstić information content (AvgIpc) is 2.73. The minimum atomic E-state index is 0.760. The van der Waals surface area contributed by atoms with Crippen LogP contribution in [-0.4, -0.2) is 54.1 Å². The summed E-state index contributed by atoms with van der Waals surface area (Å²) < 4.78 is 5.94. The van der Waals surface area contributed by atoms with Crippen LogP contribution in [0.4, 0.5) is 0 Å². The molecule has 0 N–H and O–H groups in total. The van der Waals surface area contributed by atoms with Crippen LogP contribution in [0.5, 0.6) is 5.75 Å². The summed E-state index contributed by atoms with van der Waals surface area (Å²) in [5, 5.41) is 1.13. The van der Waals surface area contributed by atoms with E-state index < -0.39 is 0 Å². The Morgan fingerprint density at radius 3 is 2.52 bits per heavy atom. The lowest BCUT2D eigenvalue weighted by Crippen LogP contribution is -2.46. The number of hydrogen-bond acceptors (Lipinski definition) is 4. The second-order valence-corrected chi connectivity index (χ2v) is 7.16. The van der Waals surface area contributed by atoms with Crippen molar-refractivity contribution in [1.82, 2.24) is 14.8 Å². The van der Waals surface area contributed by atoms with Crippen LogP contribution in [0.3, 0.4) is 0 Å². The van der Waals surface area contributed by atoms with Crippen LogP contribution in [0, 0.1) is 0 Å². The summed E-state index contributed by atoms with van der Waals surface area (Å²) in [5.41, 5.74) is 2.42. The van der Waals surface area contributed by atoms with Crippen molar-refractivity contribution in [3.8, 4) is 5.75 Å². The minimum Gasteiger partial charge on any atom is -0.494 e. The van der Waals surface area contributed by atoms with Crippen LogP contribution in [0.25, 0.3) is 10.9 Å². The number of rotatable bonds is 7. The highest BCUT2D eigenvalue weighted by Gasteiger charge is 2.16. The van der Waals surface area contributed by atoms with E-state index in [9.17, 15) is 0 Å². The molecule has 1 saturated heterocycles. The first-order valence-electron chi connectivity index (χ1n) is 9.83. The SMILES string of the molecule is c1ccc(CN2CCN(CCCOc3ccc4ncccc4c3)CC2)cc1. The molecule has 0 spiro atoms. The summed E-state index contributed by atoms with van der Waals surface area (Å²) in [6, 6.07) is 20.9. The van der Waals surface area contributed by atoms with E-state index in [0.717, 1.165) is 68.9 Å². The van der Waals surface area contributed by atoms with Gasteiger partial charge in [-0.1, -0.05) is 36.4 Å². The van der Waals surface area contributed by atoms with Gasteiger partial charge in [-0.2, -0.15) is 0 Å². The van der Waals surface area contributed by atoms with Gasteiger partial charge in [-0.25, -0.2) is 0 Å². The van der Waals surface area contributed by atoms with Crippen LogP contribution in [0.15, 0.2) is 66.9 Å². The Morgan fingerprint density at radius 2 is 1.67 bits per heavy atom. The lowest BCUT2D eigenvalue weighted by Gasteiger charge is -2.34. The van der Waals surface area contributed by atoms with Crippen molar-refractivity contribution < 1.29 is 4.74 Å². The molecular formula is C23H27N3O. The molecule has 4 nitrogen and oxygen atoms in total. The van der Waals surface area contributed by atoms with Gasteiger partial charge < -0.3 is 9.64 Å². The second kappa shape index (κ2) is 8.98. The van der Waals surface area contributed by atoms with Gasteiger partial charge in [0.1, 0.15) is 5.75 Å². The van der Waals surface area contributed by atoms with Crippen LogP contribution in [-0.2, 0) is 6.54 Å². The summed E-state index contributed by atoms with van der Waals surface area (Å²) >= 11 is 0. The molecule has 1 aliphatic heterocycles. The number of pyridine rings is 1. The van der Waals surface area contributed by atoms with E-state index >= 15 is 0 Å². The molecule has 1 aromatic heterocycles. The van der Waals surface area contributed by atoms with Crippen molar-refractivity contribution in [2.75, 3.05) is 39.3 Å². The van der Waals surface area contributed by atoms with Crippen LogP contribution in [0.1, 0.15) is 12.0 Å². The van der Waals surface area contributed by atoms with Gasteiger partial charge in [0, 0.05) is 50.9 Å². The molecule has 140 valence electrons. The number of aromatic nitrogens is 1. The predicted octanol–water partition coefficient (Wildman–Crippen LogP) is 3.82. The Kier molecular flexibility index (Phi) is 5.97. The van der Waals surface area contributed by atoms with Gasteiger partial charge >= 0.3 is 0 Å². The maximum atomic E-state index is 5.94. The van der Waals surface area contributed by atoms with Gasteiger partial charge in [-0.15, -0.1) is 0 Å². The van der Waals surface area contributed by atoms with E-state index in [1.165, 1.54) is 5.56 Å². The summed E-state index contributed by atoms with van der Waals surface area (Å²) in [5.74, 6) is 0.934. The number of piperazine rings is 1. The van der Waals surface area contributed by atoms with Crippen LogP contribution >= 0.6 is 0 Å². The fourth-order valence-corrected chi connectivity index (χ4v) is 3.63. The quantitative estimate of drug-likeness (QED) is 0.598. The third-order valence-corrected chi connectivity index (χ3v) is 5.18. The highest BCUT2D eigenvalue weighted by atomic mass is 16.5. The normalized spacial score (nSPS) is 15.9. The molecule has 4 rings (SSSR count). The highest BCUT2D eigenvalue weighted by Crippen LogP contribution is 2.19. The second-order valence-electron chi connectivity index (χ2n) is 7.16. The molecule has 0 radical (unpaired) electrons. The van der Waals surface area contributed by atoms with Crippen molar-refractivity contribution in [1.29, 1.82) is 0 Å². The smallest absolute Gasteiger partial charge is 0.120 e. The summed E-state index contributed by atoms with van der Waals surface area (Å²) in [6.45, 7) is 7.52. The van der Waals surface area contributed by atoms with E-state index in [4.69, 9.17) is 4.74 Å². The number of fused-ring (bicyclic) bond motifs is 1. The molecule has 3 aromatic rings. The van der Waals surface area contributed by atoms with Gasteiger partial charge in [-0.3, -0.25) is 9.88 Å². The Balaban J connectivity index is 1.16. The standard InChI is InChI=1S/C23H27N3O/c1-2-6-20(7-3-1)19-26-15-13-25(14-16-26)12-5-17-27-22-9-10-23-21(18-22)8-4-11-24-23/h1-4,6-11,18H,5,12-17,19H2.